The van der Waals surface area contributed by atoms with Crippen molar-refractivity contribution in [2.75, 3.05) is 0 Å². The molecule has 16 heavy (non-hydrogen) atoms. The Morgan fingerprint density at radius 2 is 2.00 bits per heavy atom. The van der Waals surface area contributed by atoms with E-state index in [0.717, 1.165) is 11.8 Å². The van der Waals surface area contributed by atoms with Crippen LogP contribution in [0.2, 0.25) is 6.32 Å². The highest BCUT2D eigenvalue weighted by Crippen LogP contribution is 2.41. The number of hydrogen-bond donors (Lipinski definition) is 0. The fourth-order valence-corrected chi connectivity index (χ4v) is 2.90. The van der Waals surface area contributed by atoms with Crippen molar-refractivity contribution >= 4 is 7.28 Å². The second-order valence-electron chi connectivity index (χ2n) is 6.43. The molecule has 0 spiro atoms. The molecule has 0 nitrogen and oxygen atoms in total. The lowest BCUT2D eigenvalue weighted by Gasteiger charge is -2.37. The van der Waals surface area contributed by atoms with Crippen LogP contribution in [0, 0.1) is 17.3 Å². The van der Waals surface area contributed by atoms with Gasteiger partial charge in [0, 0.05) is 0 Å². The number of rotatable bonds is 4. The van der Waals surface area contributed by atoms with Crippen molar-refractivity contribution in [2.24, 2.45) is 17.3 Å². The van der Waals surface area contributed by atoms with Crippen molar-refractivity contribution in [3.63, 3.8) is 0 Å². The minimum atomic E-state index is 0.520. The third kappa shape index (κ3) is 4.76. The molecule has 91 valence electrons. The first-order valence-corrected chi connectivity index (χ1v) is 6.98. The van der Waals surface area contributed by atoms with Gasteiger partial charge in [0.2, 0.25) is 0 Å². The maximum Gasteiger partial charge on any atom is 0.140 e. The highest BCUT2D eigenvalue weighted by molar-refractivity contribution is 6.41. The Hall–Kier alpha value is -0.195. The molecule has 0 aromatic heterocycles. The standard InChI is InChI=1S/C15H28B/c1-5-10-16-11-9-13-7-6-8-14(12-13)15(2,3)4/h5,10,13-14H,6-9,11-12H2,1-4H3/b10-5+. The number of hydrogen-bond acceptors (Lipinski definition) is 0. The summed E-state index contributed by atoms with van der Waals surface area (Å²) in [5.41, 5.74) is 0.520. The Kier molecular flexibility index (Phi) is 5.65. The summed E-state index contributed by atoms with van der Waals surface area (Å²) in [6.45, 7) is 9.32. The Labute approximate surface area is 103 Å². The SMILES string of the molecule is C/C=C/[B]CCC1CCCC(C(C)(C)C)C1. The van der Waals surface area contributed by atoms with Crippen LogP contribution in [0.4, 0.5) is 0 Å². The summed E-state index contributed by atoms with van der Waals surface area (Å²) in [6, 6.07) is 0. The van der Waals surface area contributed by atoms with Gasteiger partial charge in [-0.05, 0) is 37.0 Å². The van der Waals surface area contributed by atoms with E-state index in [1.165, 1.54) is 38.4 Å². The molecule has 2 atom stereocenters. The third-order valence-electron chi connectivity index (χ3n) is 4.08. The Bertz CT molecular complexity index is 212. The van der Waals surface area contributed by atoms with E-state index in [9.17, 15) is 0 Å². The molecule has 0 N–H and O–H groups in total. The van der Waals surface area contributed by atoms with Crippen LogP contribution >= 0.6 is 0 Å². The Balaban J connectivity index is 2.28. The minimum absolute atomic E-state index is 0.520. The molecule has 1 rings (SSSR count). The molecular weight excluding hydrogens is 191 g/mol. The van der Waals surface area contributed by atoms with Crippen LogP contribution in [0.1, 0.15) is 59.8 Å². The van der Waals surface area contributed by atoms with Crippen LogP contribution in [0.5, 0.6) is 0 Å². The van der Waals surface area contributed by atoms with Gasteiger partial charge in [0.1, 0.15) is 7.28 Å². The molecule has 0 saturated heterocycles. The molecule has 1 aliphatic rings. The summed E-state index contributed by atoms with van der Waals surface area (Å²) in [4.78, 5) is 0. The summed E-state index contributed by atoms with van der Waals surface area (Å²) < 4.78 is 0. The van der Waals surface area contributed by atoms with Crippen LogP contribution in [-0.2, 0) is 0 Å². The summed E-state index contributed by atoms with van der Waals surface area (Å²) in [5, 5.41) is 0. The van der Waals surface area contributed by atoms with Crippen molar-refractivity contribution in [1.29, 1.82) is 0 Å². The van der Waals surface area contributed by atoms with E-state index < -0.39 is 0 Å². The lowest BCUT2D eigenvalue weighted by atomic mass is 9.65. The molecule has 0 heterocycles. The molecule has 1 saturated carbocycles. The predicted octanol–water partition coefficient (Wildman–Crippen LogP) is 4.89. The highest BCUT2D eigenvalue weighted by Gasteiger charge is 2.29. The normalized spacial score (nSPS) is 27.2. The van der Waals surface area contributed by atoms with Gasteiger partial charge < -0.3 is 0 Å². The van der Waals surface area contributed by atoms with E-state index >= 15 is 0 Å². The zero-order chi connectivity index (χ0) is 12.0. The molecule has 2 unspecified atom stereocenters. The average molecular weight is 219 g/mol. The van der Waals surface area contributed by atoms with Gasteiger partial charge in [0.05, 0.1) is 0 Å². The van der Waals surface area contributed by atoms with Crippen LogP contribution in [-0.4, -0.2) is 7.28 Å². The molecule has 0 aliphatic heterocycles. The van der Waals surface area contributed by atoms with Gasteiger partial charge in [-0.15, -0.1) is 12.1 Å². The predicted molar refractivity (Wildman–Crippen MR) is 74.9 cm³/mol. The molecule has 0 bridgehead atoms. The van der Waals surface area contributed by atoms with Crippen molar-refractivity contribution in [1.82, 2.24) is 0 Å². The van der Waals surface area contributed by atoms with Crippen molar-refractivity contribution in [3.8, 4) is 0 Å². The van der Waals surface area contributed by atoms with Crippen LogP contribution in [0.15, 0.2) is 12.1 Å². The van der Waals surface area contributed by atoms with E-state index in [2.05, 4.69) is 47.0 Å². The van der Waals surface area contributed by atoms with Crippen molar-refractivity contribution in [3.05, 3.63) is 12.1 Å². The first-order chi connectivity index (χ1) is 7.54. The van der Waals surface area contributed by atoms with Crippen LogP contribution in [0.3, 0.4) is 0 Å². The van der Waals surface area contributed by atoms with Crippen LogP contribution in [0.25, 0.3) is 0 Å². The Morgan fingerprint density at radius 3 is 2.62 bits per heavy atom. The van der Waals surface area contributed by atoms with Gasteiger partial charge in [0.25, 0.3) is 0 Å². The molecule has 0 aromatic carbocycles. The largest absolute Gasteiger partial charge is 0.140 e. The van der Waals surface area contributed by atoms with E-state index in [4.69, 9.17) is 0 Å². The average Bonchev–Trinajstić information content (AvgIpc) is 2.24. The first-order valence-electron chi connectivity index (χ1n) is 6.98. The molecule has 0 aromatic rings. The molecule has 1 fully saturated rings. The second-order valence-corrected chi connectivity index (χ2v) is 6.43. The fourth-order valence-electron chi connectivity index (χ4n) is 2.90. The van der Waals surface area contributed by atoms with Gasteiger partial charge in [0.15, 0.2) is 0 Å². The van der Waals surface area contributed by atoms with Crippen molar-refractivity contribution < 1.29 is 0 Å². The Morgan fingerprint density at radius 1 is 1.25 bits per heavy atom. The van der Waals surface area contributed by atoms with Gasteiger partial charge in [-0.3, -0.25) is 0 Å². The zero-order valence-corrected chi connectivity index (χ0v) is 11.6. The summed E-state index contributed by atoms with van der Waals surface area (Å²) in [6.07, 6.45) is 10.6. The van der Waals surface area contributed by atoms with E-state index in [1.54, 1.807) is 0 Å². The minimum Gasteiger partial charge on any atom is -0.127 e. The summed E-state index contributed by atoms with van der Waals surface area (Å²) in [7, 11) is 2.32. The molecular formula is C15H28B. The maximum absolute atomic E-state index is 2.41. The van der Waals surface area contributed by atoms with E-state index in [0.29, 0.717) is 5.41 Å². The van der Waals surface area contributed by atoms with Gasteiger partial charge in [-0.2, -0.15) is 0 Å². The molecule has 1 aliphatic carbocycles. The lowest BCUT2D eigenvalue weighted by Crippen LogP contribution is -2.26. The molecule has 1 radical (unpaired) electrons. The summed E-state index contributed by atoms with van der Waals surface area (Å²) >= 11 is 0. The zero-order valence-electron chi connectivity index (χ0n) is 11.6. The highest BCUT2D eigenvalue weighted by atomic mass is 14.3. The lowest BCUT2D eigenvalue weighted by molar-refractivity contribution is 0.139. The van der Waals surface area contributed by atoms with E-state index in [-0.39, 0.29) is 0 Å². The first kappa shape index (κ1) is 13.9. The second kappa shape index (κ2) is 6.52. The molecule has 1 heteroatoms. The van der Waals surface area contributed by atoms with Gasteiger partial charge in [-0.25, -0.2) is 0 Å². The number of allylic oxidation sites excluding steroid dienone is 1. The van der Waals surface area contributed by atoms with Crippen LogP contribution < -0.4 is 0 Å². The monoisotopic (exact) mass is 219 g/mol. The molecule has 0 amide bonds. The maximum atomic E-state index is 2.41. The van der Waals surface area contributed by atoms with Crippen molar-refractivity contribution in [2.45, 2.75) is 66.1 Å². The third-order valence-corrected chi connectivity index (χ3v) is 4.08. The smallest absolute Gasteiger partial charge is 0.127 e. The quantitative estimate of drug-likeness (QED) is 0.466. The topological polar surface area (TPSA) is 0 Å². The van der Waals surface area contributed by atoms with Gasteiger partial charge >= 0.3 is 0 Å². The van der Waals surface area contributed by atoms with E-state index in [1.807, 2.05) is 0 Å². The summed E-state index contributed by atoms with van der Waals surface area (Å²) in [5.74, 6) is 4.12. The fraction of sp³-hybridized carbons (Fsp3) is 0.867. The van der Waals surface area contributed by atoms with Gasteiger partial charge in [-0.1, -0.05) is 46.4 Å².